The molecule has 0 spiro atoms. The minimum Gasteiger partial charge on any atom is -0.394 e. The molecule has 0 aromatic heterocycles. The maximum absolute atomic E-state index is 9.46. The van der Waals surface area contributed by atoms with Crippen LogP contribution in [-0.4, -0.2) is 17.3 Å². The minimum absolute atomic E-state index is 0.0914. The highest BCUT2D eigenvalue weighted by Gasteiger charge is 2.29. The Bertz CT molecular complexity index is 443. The predicted octanol–water partition coefficient (Wildman–Crippen LogP) is 3.77. The molecular formula is C19H31NO. The van der Waals surface area contributed by atoms with Crippen molar-refractivity contribution in [3.05, 3.63) is 34.9 Å². The van der Waals surface area contributed by atoms with Gasteiger partial charge in [-0.1, -0.05) is 57.2 Å². The number of fused-ring (bicyclic) bond motifs is 1. The van der Waals surface area contributed by atoms with Crippen LogP contribution < -0.4 is 5.73 Å². The number of hydrogen-bond donors (Lipinski definition) is 2. The highest BCUT2D eigenvalue weighted by Crippen LogP contribution is 2.28. The lowest BCUT2D eigenvalue weighted by atomic mass is 9.78. The molecule has 1 aliphatic rings. The van der Waals surface area contributed by atoms with Crippen LogP contribution in [0.2, 0.25) is 0 Å². The largest absolute Gasteiger partial charge is 0.394 e. The zero-order valence-corrected chi connectivity index (χ0v) is 13.5. The Morgan fingerprint density at radius 3 is 2.62 bits per heavy atom. The summed E-state index contributed by atoms with van der Waals surface area (Å²) >= 11 is 0. The van der Waals surface area contributed by atoms with Gasteiger partial charge in [0.15, 0.2) is 0 Å². The number of hydrogen-bond acceptors (Lipinski definition) is 2. The van der Waals surface area contributed by atoms with E-state index in [9.17, 15) is 5.11 Å². The van der Waals surface area contributed by atoms with Gasteiger partial charge in [-0.25, -0.2) is 0 Å². The van der Waals surface area contributed by atoms with Gasteiger partial charge in [-0.05, 0) is 48.8 Å². The Balaban J connectivity index is 1.84. The van der Waals surface area contributed by atoms with Gasteiger partial charge < -0.3 is 10.8 Å². The van der Waals surface area contributed by atoms with E-state index in [1.165, 1.54) is 61.6 Å². The van der Waals surface area contributed by atoms with Gasteiger partial charge in [-0.3, -0.25) is 0 Å². The average molecular weight is 289 g/mol. The average Bonchev–Trinajstić information content (AvgIpc) is 2.50. The zero-order chi connectivity index (χ0) is 15.1. The number of aliphatic hydroxyl groups is 1. The molecule has 0 heterocycles. The molecule has 0 radical (unpaired) electrons. The monoisotopic (exact) mass is 289 g/mol. The summed E-state index contributed by atoms with van der Waals surface area (Å²) in [5.74, 6) is 0. The van der Waals surface area contributed by atoms with Crippen LogP contribution >= 0.6 is 0 Å². The molecule has 0 fully saturated rings. The number of benzene rings is 1. The summed E-state index contributed by atoms with van der Waals surface area (Å²) in [4.78, 5) is 0. The van der Waals surface area contributed by atoms with E-state index in [0.717, 1.165) is 19.3 Å². The summed E-state index contributed by atoms with van der Waals surface area (Å²) in [5, 5.41) is 9.46. The van der Waals surface area contributed by atoms with Gasteiger partial charge in [0.25, 0.3) is 0 Å². The summed E-state index contributed by atoms with van der Waals surface area (Å²) in [6.45, 7) is 2.35. The quantitative estimate of drug-likeness (QED) is 0.716. The minimum atomic E-state index is -0.397. The molecule has 2 heteroatoms. The van der Waals surface area contributed by atoms with Gasteiger partial charge in [-0.15, -0.1) is 0 Å². The molecule has 0 amide bonds. The van der Waals surface area contributed by atoms with Crippen LogP contribution in [0.25, 0.3) is 0 Å². The first-order chi connectivity index (χ1) is 10.2. The van der Waals surface area contributed by atoms with Crippen LogP contribution in [0.5, 0.6) is 0 Å². The molecule has 0 saturated heterocycles. The van der Waals surface area contributed by atoms with Crippen molar-refractivity contribution in [1.29, 1.82) is 0 Å². The molecule has 1 unspecified atom stereocenters. The fourth-order valence-corrected chi connectivity index (χ4v) is 3.34. The highest BCUT2D eigenvalue weighted by molar-refractivity contribution is 5.36. The molecule has 0 aliphatic heterocycles. The molecule has 118 valence electrons. The van der Waals surface area contributed by atoms with E-state index >= 15 is 0 Å². The molecule has 0 saturated carbocycles. The second-order valence-electron chi connectivity index (χ2n) is 6.82. The summed E-state index contributed by atoms with van der Waals surface area (Å²) in [6.07, 6.45) is 12.0. The molecule has 1 aliphatic carbocycles. The second kappa shape index (κ2) is 7.95. The molecule has 2 rings (SSSR count). The molecule has 3 N–H and O–H groups in total. The lowest BCUT2D eigenvalue weighted by Gasteiger charge is -2.33. The Morgan fingerprint density at radius 1 is 1.10 bits per heavy atom. The third kappa shape index (κ3) is 4.82. The molecular weight excluding hydrogens is 258 g/mol. The van der Waals surface area contributed by atoms with E-state index in [0.29, 0.717) is 0 Å². The van der Waals surface area contributed by atoms with E-state index in [2.05, 4.69) is 25.1 Å². The van der Waals surface area contributed by atoms with E-state index in [1.807, 2.05) is 0 Å². The Labute approximate surface area is 129 Å². The van der Waals surface area contributed by atoms with Gasteiger partial charge in [0.2, 0.25) is 0 Å². The van der Waals surface area contributed by atoms with Crippen molar-refractivity contribution in [1.82, 2.24) is 0 Å². The van der Waals surface area contributed by atoms with Crippen LogP contribution in [0.3, 0.4) is 0 Å². The van der Waals surface area contributed by atoms with Gasteiger partial charge in [0, 0.05) is 5.54 Å². The van der Waals surface area contributed by atoms with Crippen LogP contribution in [0.15, 0.2) is 18.2 Å². The highest BCUT2D eigenvalue weighted by atomic mass is 16.3. The maximum Gasteiger partial charge on any atom is 0.0614 e. The molecule has 1 aromatic carbocycles. The van der Waals surface area contributed by atoms with Gasteiger partial charge >= 0.3 is 0 Å². The normalized spacial score (nSPS) is 21.3. The van der Waals surface area contributed by atoms with E-state index in [1.54, 1.807) is 0 Å². The maximum atomic E-state index is 9.46. The fourth-order valence-electron chi connectivity index (χ4n) is 3.34. The van der Waals surface area contributed by atoms with Crippen LogP contribution in [0, 0.1) is 0 Å². The molecule has 1 aromatic rings. The van der Waals surface area contributed by atoms with E-state index in [4.69, 9.17) is 5.73 Å². The number of aryl methyl sites for hydroxylation is 2. The molecule has 0 bridgehead atoms. The Morgan fingerprint density at radius 2 is 1.86 bits per heavy atom. The van der Waals surface area contributed by atoms with Crippen molar-refractivity contribution in [2.24, 2.45) is 5.73 Å². The van der Waals surface area contributed by atoms with Crippen molar-refractivity contribution in [3.8, 4) is 0 Å². The van der Waals surface area contributed by atoms with Gasteiger partial charge in [-0.2, -0.15) is 0 Å². The van der Waals surface area contributed by atoms with Crippen molar-refractivity contribution in [2.45, 2.75) is 76.7 Å². The number of aliphatic hydroxyl groups excluding tert-OH is 1. The van der Waals surface area contributed by atoms with Crippen molar-refractivity contribution < 1.29 is 5.11 Å². The first-order valence-corrected chi connectivity index (χ1v) is 8.67. The van der Waals surface area contributed by atoms with Gasteiger partial charge in [0.1, 0.15) is 0 Å². The summed E-state index contributed by atoms with van der Waals surface area (Å²) < 4.78 is 0. The number of unbranched alkanes of at least 4 members (excludes halogenated alkanes) is 5. The topological polar surface area (TPSA) is 46.2 Å². The van der Waals surface area contributed by atoms with Crippen molar-refractivity contribution in [2.75, 3.05) is 6.61 Å². The molecule has 2 nitrogen and oxygen atoms in total. The summed E-state index contributed by atoms with van der Waals surface area (Å²) in [5.41, 5.74) is 10.1. The number of nitrogens with two attached hydrogens (primary N) is 1. The van der Waals surface area contributed by atoms with Crippen LogP contribution in [-0.2, 0) is 19.3 Å². The Hall–Kier alpha value is -0.860. The zero-order valence-electron chi connectivity index (χ0n) is 13.5. The van der Waals surface area contributed by atoms with Gasteiger partial charge in [0.05, 0.1) is 6.61 Å². The number of rotatable bonds is 8. The first-order valence-electron chi connectivity index (χ1n) is 8.67. The lowest BCUT2D eigenvalue weighted by Crippen LogP contribution is -2.48. The lowest BCUT2D eigenvalue weighted by molar-refractivity contribution is 0.181. The summed E-state index contributed by atoms with van der Waals surface area (Å²) in [7, 11) is 0. The van der Waals surface area contributed by atoms with E-state index in [-0.39, 0.29) is 6.61 Å². The van der Waals surface area contributed by atoms with Crippen LogP contribution in [0.1, 0.15) is 68.6 Å². The SMILES string of the molecule is CCCCCCCCc1ccc2c(c1)CC(N)(CO)CC2. The van der Waals surface area contributed by atoms with Crippen molar-refractivity contribution >= 4 is 0 Å². The molecule has 21 heavy (non-hydrogen) atoms. The molecule has 1 atom stereocenters. The predicted molar refractivity (Wildman–Crippen MR) is 89.6 cm³/mol. The third-order valence-electron chi connectivity index (χ3n) is 4.84. The Kier molecular flexibility index (Phi) is 6.25. The second-order valence-corrected chi connectivity index (χ2v) is 6.82. The standard InChI is InChI=1S/C19H31NO/c1-2-3-4-5-6-7-8-16-9-10-17-11-12-19(20,15-21)14-18(17)13-16/h9-10,13,21H,2-8,11-12,14-15,20H2,1H3. The fraction of sp³-hybridized carbons (Fsp3) is 0.684. The smallest absolute Gasteiger partial charge is 0.0614 e. The van der Waals surface area contributed by atoms with E-state index < -0.39 is 5.54 Å². The third-order valence-corrected chi connectivity index (χ3v) is 4.84. The van der Waals surface area contributed by atoms with Crippen LogP contribution in [0.4, 0.5) is 0 Å². The first kappa shape index (κ1) is 16.5. The van der Waals surface area contributed by atoms with Crippen molar-refractivity contribution in [3.63, 3.8) is 0 Å². The summed E-state index contributed by atoms with van der Waals surface area (Å²) in [6, 6.07) is 6.89.